The predicted molar refractivity (Wildman–Crippen MR) is 123 cm³/mol. The average Bonchev–Trinajstić information content (AvgIpc) is 2.76. The fourth-order valence-electron chi connectivity index (χ4n) is 4.68. The number of benzene rings is 2. The number of ether oxygens (including phenoxy) is 2. The number of hydrogen-bond acceptors (Lipinski definition) is 5. The van der Waals surface area contributed by atoms with Crippen LogP contribution in [-0.2, 0) is 20.9 Å². The number of carbonyl (C=O) groups excluding carboxylic acids is 2. The van der Waals surface area contributed by atoms with Crippen LogP contribution < -0.4 is 10.1 Å². The maximum Gasteiger partial charge on any atom is 0.336 e. The molecule has 4 rings (SSSR count). The van der Waals surface area contributed by atoms with E-state index in [0.717, 1.165) is 23.2 Å². The molecule has 0 radical (unpaired) electrons. The number of dihydropyridines is 1. The van der Waals surface area contributed by atoms with E-state index in [9.17, 15) is 14.0 Å². The van der Waals surface area contributed by atoms with Crippen molar-refractivity contribution in [2.75, 3.05) is 7.11 Å². The first kappa shape index (κ1) is 22.8. The van der Waals surface area contributed by atoms with Crippen LogP contribution in [0.15, 0.2) is 71.1 Å². The van der Waals surface area contributed by atoms with Gasteiger partial charge in [0, 0.05) is 29.3 Å². The van der Waals surface area contributed by atoms with E-state index in [0.29, 0.717) is 29.0 Å². The molecule has 0 unspecified atom stereocenters. The first-order valence-electron chi connectivity index (χ1n) is 11.0. The molecule has 1 aliphatic heterocycles. The molecule has 0 saturated heterocycles. The topological polar surface area (TPSA) is 64.6 Å². The van der Waals surface area contributed by atoms with Gasteiger partial charge in [-0.2, -0.15) is 0 Å². The van der Waals surface area contributed by atoms with Crippen molar-refractivity contribution in [3.63, 3.8) is 0 Å². The van der Waals surface area contributed by atoms with E-state index in [1.54, 1.807) is 12.1 Å². The summed E-state index contributed by atoms with van der Waals surface area (Å²) in [5, 5.41) is 3.31. The number of esters is 1. The van der Waals surface area contributed by atoms with Crippen molar-refractivity contribution in [3.05, 3.63) is 88.0 Å². The second kappa shape index (κ2) is 8.85. The molecule has 1 N–H and O–H groups in total. The Morgan fingerprint density at radius 3 is 2.58 bits per heavy atom. The Balaban J connectivity index is 1.72. The smallest absolute Gasteiger partial charge is 0.336 e. The number of hydrogen-bond donors (Lipinski definition) is 1. The molecule has 1 heterocycles. The van der Waals surface area contributed by atoms with E-state index in [1.165, 1.54) is 19.2 Å². The van der Waals surface area contributed by atoms with Crippen LogP contribution in [0.25, 0.3) is 0 Å². The Morgan fingerprint density at radius 2 is 1.88 bits per heavy atom. The summed E-state index contributed by atoms with van der Waals surface area (Å²) in [6.45, 7) is 6.26. The number of Topliss-reactive ketones (excluding diaryl/α,β-unsaturated/α-hetero) is 1. The van der Waals surface area contributed by atoms with Crippen LogP contribution in [0.3, 0.4) is 0 Å². The maximum atomic E-state index is 13.3. The first-order chi connectivity index (χ1) is 15.7. The van der Waals surface area contributed by atoms with Gasteiger partial charge in [-0.3, -0.25) is 4.79 Å². The van der Waals surface area contributed by atoms with Gasteiger partial charge in [-0.15, -0.1) is 0 Å². The van der Waals surface area contributed by atoms with Crippen molar-refractivity contribution in [1.29, 1.82) is 0 Å². The van der Waals surface area contributed by atoms with Gasteiger partial charge in [-0.1, -0.05) is 38.1 Å². The van der Waals surface area contributed by atoms with Crippen LogP contribution in [0.4, 0.5) is 4.39 Å². The summed E-state index contributed by atoms with van der Waals surface area (Å²) in [6.07, 6.45) is 1.13. The highest BCUT2D eigenvalue weighted by Crippen LogP contribution is 2.47. The zero-order valence-corrected chi connectivity index (χ0v) is 19.3. The Labute approximate surface area is 193 Å². The number of methoxy groups -OCH3 is 1. The molecular formula is C27H28FNO4. The molecule has 0 fully saturated rings. The standard InChI is InChI=1S/C27H28FNO4/c1-16-23(26(31)32-4)24(25-21(29-16)13-27(2,3)14-22(25)30)18-6-5-7-20(12-18)33-15-17-8-10-19(28)11-9-17/h5-12,24,29H,13-15H2,1-4H3/t24-/m0/s1. The second-order valence-corrected chi connectivity index (χ2v) is 9.41. The van der Waals surface area contributed by atoms with E-state index in [-0.39, 0.29) is 23.6 Å². The lowest BCUT2D eigenvalue weighted by molar-refractivity contribution is -0.136. The molecular weight excluding hydrogens is 421 g/mol. The minimum absolute atomic E-state index is 0.0327. The average molecular weight is 450 g/mol. The van der Waals surface area contributed by atoms with Crippen LogP contribution >= 0.6 is 0 Å². The van der Waals surface area contributed by atoms with E-state index in [4.69, 9.17) is 9.47 Å². The Hall–Kier alpha value is -3.41. The maximum absolute atomic E-state index is 13.3. The number of nitrogens with one attached hydrogen (secondary N) is 1. The van der Waals surface area contributed by atoms with Crippen molar-refractivity contribution >= 4 is 11.8 Å². The molecule has 5 nitrogen and oxygen atoms in total. The summed E-state index contributed by atoms with van der Waals surface area (Å²) in [4.78, 5) is 26.1. The monoisotopic (exact) mass is 449 g/mol. The lowest BCUT2D eigenvalue weighted by Gasteiger charge is -2.39. The summed E-state index contributed by atoms with van der Waals surface area (Å²) in [7, 11) is 1.34. The van der Waals surface area contributed by atoms with Crippen molar-refractivity contribution in [2.24, 2.45) is 5.41 Å². The number of ketones is 1. The number of allylic oxidation sites excluding steroid dienone is 3. The lowest BCUT2D eigenvalue weighted by Crippen LogP contribution is -2.38. The Kier molecular flexibility index (Phi) is 6.11. The van der Waals surface area contributed by atoms with Crippen LogP contribution in [0, 0.1) is 11.2 Å². The van der Waals surface area contributed by atoms with E-state index < -0.39 is 11.9 Å². The molecule has 0 amide bonds. The van der Waals surface area contributed by atoms with Crippen molar-refractivity contribution < 1.29 is 23.5 Å². The van der Waals surface area contributed by atoms with Gasteiger partial charge in [0.15, 0.2) is 5.78 Å². The number of rotatable bonds is 5. The molecule has 1 atom stereocenters. The third-order valence-electron chi connectivity index (χ3n) is 6.16. The quantitative estimate of drug-likeness (QED) is 0.637. The van der Waals surface area contributed by atoms with Gasteiger partial charge in [0.1, 0.15) is 18.2 Å². The molecule has 2 aromatic carbocycles. The third-order valence-corrected chi connectivity index (χ3v) is 6.16. The normalized spacial score (nSPS) is 19.7. The number of carbonyl (C=O) groups is 2. The van der Waals surface area contributed by atoms with Crippen LogP contribution in [-0.4, -0.2) is 18.9 Å². The Morgan fingerprint density at radius 1 is 1.15 bits per heavy atom. The highest BCUT2D eigenvalue weighted by atomic mass is 19.1. The molecule has 1 aliphatic carbocycles. The highest BCUT2D eigenvalue weighted by molar-refractivity contribution is 6.04. The predicted octanol–water partition coefficient (Wildman–Crippen LogP) is 5.18. The van der Waals surface area contributed by atoms with Gasteiger partial charge in [0.05, 0.1) is 12.7 Å². The fraction of sp³-hybridized carbons (Fsp3) is 0.333. The highest BCUT2D eigenvalue weighted by Gasteiger charge is 2.43. The van der Waals surface area contributed by atoms with Crippen molar-refractivity contribution in [1.82, 2.24) is 5.32 Å². The van der Waals surface area contributed by atoms with E-state index in [1.807, 2.05) is 31.2 Å². The minimum atomic E-state index is -0.535. The molecule has 0 spiro atoms. The van der Waals surface area contributed by atoms with Crippen molar-refractivity contribution in [3.8, 4) is 5.75 Å². The van der Waals surface area contributed by atoms with E-state index >= 15 is 0 Å². The third kappa shape index (κ3) is 4.70. The van der Waals surface area contributed by atoms with Gasteiger partial charge in [-0.25, -0.2) is 9.18 Å². The van der Waals surface area contributed by atoms with Crippen LogP contribution in [0.5, 0.6) is 5.75 Å². The minimum Gasteiger partial charge on any atom is -0.489 e. The van der Waals surface area contributed by atoms with Crippen LogP contribution in [0.1, 0.15) is 50.7 Å². The summed E-state index contributed by atoms with van der Waals surface area (Å²) in [5.41, 5.74) is 4.07. The number of halogens is 1. The van der Waals surface area contributed by atoms with Crippen LogP contribution in [0.2, 0.25) is 0 Å². The van der Waals surface area contributed by atoms with Gasteiger partial charge >= 0.3 is 5.97 Å². The summed E-state index contributed by atoms with van der Waals surface area (Å²) in [5.74, 6) is -0.666. The summed E-state index contributed by atoms with van der Waals surface area (Å²) in [6, 6.07) is 13.6. The first-order valence-corrected chi connectivity index (χ1v) is 11.0. The molecule has 0 aromatic heterocycles. The van der Waals surface area contributed by atoms with Gasteiger partial charge in [0.2, 0.25) is 0 Å². The summed E-state index contributed by atoms with van der Waals surface area (Å²) < 4.78 is 24.2. The van der Waals surface area contributed by atoms with Crippen molar-refractivity contribution in [2.45, 2.75) is 46.1 Å². The zero-order valence-electron chi connectivity index (χ0n) is 19.3. The van der Waals surface area contributed by atoms with E-state index in [2.05, 4.69) is 19.2 Å². The molecule has 0 saturated carbocycles. The SMILES string of the molecule is COC(=O)C1=C(C)NC2=C(C(=O)CC(C)(C)C2)[C@H]1c1cccc(OCc2ccc(F)cc2)c1. The Bertz CT molecular complexity index is 1160. The largest absolute Gasteiger partial charge is 0.489 e. The molecule has 33 heavy (non-hydrogen) atoms. The zero-order chi connectivity index (χ0) is 23.8. The molecule has 172 valence electrons. The van der Waals surface area contributed by atoms with Gasteiger partial charge < -0.3 is 14.8 Å². The second-order valence-electron chi connectivity index (χ2n) is 9.41. The molecule has 0 bridgehead atoms. The molecule has 2 aliphatic rings. The lowest BCUT2D eigenvalue weighted by atomic mass is 9.68. The van der Waals surface area contributed by atoms with Gasteiger partial charge in [0.25, 0.3) is 0 Å². The fourth-order valence-corrected chi connectivity index (χ4v) is 4.68. The van der Waals surface area contributed by atoms with Gasteiger partial charge in [-0.05, 0) is 54.2 Å². The summed E-state index contributed by atoms with van der Waals surface area (Å²) >= 11 is 0. The molecule has 2 aromatic rings. The molecule has 6 heteroatoms.